The van der Waals surface area contributed by atoms with Gasteiger partial charge in [-0.05, 0) is 18.4 Å². The molecule has 0 saturated carbocycles. The van der Waals surface area contributed by atoms with E-state index >= 15 is 0 Å². The van der Waals surface area contributed by atoms with Crippen molar-refractivity contribution < 1.29 is 4.79 Å². The van der Waals surface area contributed by atoms with Crippen LogP contribution in [-0.2, 0) is 6.54 Å². The van der Waals surface area contributed by atoms with Crippen molar-refractivity contribution in [2.75, 3.05) is 0 Å². The summed E-state index contributed by atoms with van der Waals surface area (Å²) in [7, 11) is 0. The van der Waals surface area contributed by atoms with Gasteiger partial charge in [-0.1, -0.05) is 20.8 Å². The minimum absolute atomic E-state index is 0.0489. The summed E-state index contributed by atoms with van der Waals surface area (Å²) in [5.74, 6) is 0.0711. The molecule has 0 spiro atoms. The highest BCUT2D eigenvalue weighted by Gasteiger charge is 2.24. The number of nitrogens with two attached hydrogens (primary N) is 1. The van der Waals surface area contributed by atoms with Gasteiger partial charge >= 0.3 is 0 Å². The van der Waals surface area contributed by atoms with Crippen molar-refractivity contribution in [2.45, 2.75) is 46.7 Å². The average Bonchev–Trinajstić information content (AvgIpc) is 2.63. The van der Waals surface area contributed by atoms with Crippen LogP contribution in [0.2, 0.25) is 0 Å². The fourth-order valence-electron chi connectivity index (χ4n) is 1.43. The SMILES string of the molecule is CCn1nccc1C(=O)CC(N)C(C)(C)C. The van der Waals surface area contributed by atoms with E-state index in [2.05, 4.69) is 5.10 Å². The molecule has 0 aromatic carbocycles. The lowest BCUT2D eigenvalue weighted by molar-refractivity contribution is 0.0943. The van der Waals surface area contributed by atoms with Crippen LogP contribution in [0.4, 0.5) is 0 Å². The predicted molar refractivity (Wildman–Crippen MR) is 64.3 cm³/mol. The minimum Gasteiger partial charge on any atom is -0.327 e. The second-order valence-electron chi connectivity index (χ2n) is 5.13. The van der Waals surface area contributed by atoms with E-state index in [1.807, 2.05) is 27.7 Å². The summed E-state index contributed by atoms with van der Waals surface area (Å²) in [6, 6.07) is 1.63. The van der Waals surface area contributed by atoms with Gasteiger partial charge in [0.2, 0.25) is 0 Å². The van der Waals surface area contributed by atoms with Crippen LogP contribution in [0.5, 0.6) is 0 Å². The zero-order valence-corrected chi connectivity index (χ0v) is 10.5. The molecule has 1 aromatic rings. The second kappa shape index (κ2) is 4.78. The second-order valence-corrected chi connectivity index (χ2v) is 5.13. The standard InChI is InChI=1S/C12H21N3O/c1-5-15-9(6-7-14-15)10(16)8-11(13)12(2,3)4/h6-7,11H,5,8,13H2,1-4H3. The number of rotatable bonds is 4. The summed E-state index contributed by atoms with van der Waals surface area (Å²) in [6.45, 7) is 8.80. The molecule has 0 amide bonds. The summed E-state index contributed by atoms with van der Waals surface area (Å²) in [4.78, 5) is 12.0. The Balaban J connectivity index is 2.73. The van der Waals surface area contributed by atoms with Crippen molar-refractivity contribution in [1.29, 1.82) is 0 Å². The molecular formula is C12H21N3O. The highest BCUT2D eigenvalue weighted by Crippen LogP contribution is 2.21. The van der Waals surface area contributed by atoms with Crippen molar-refractivity contribution in [2.24, 2.45) is 11.1 Å². The summed E-state index contributed by atoms with van der Waals surface area (Å²) >= 11 is 0. The summed E-state index contributed by atoms with van der Waals surface area (Å²) in [5.41, 5.74) is 6.60. The molecule has 16 heavy (non-hydrogen) atoms. The van der Waals surface area contributed by atoms with Gasteiger partial charge in [0.25, 0.3) is 0 Å². The maximum absolute atomic E-state index is 12.0. The Morgan fingerprint density at radius 1 is 1.56 bits per heavy atom. The third-order valence-corrected chi connectivity index (χ3v) is 2.82. The number of aryl methyl sites for hydroxylation is 1. The van der Waals surface area contributed by atoms with E-state index in [-0.39, 0.29) is 17.2 Å². The van der Waals surface area contributed by atoms with Gasteiger partial charge in [-0.2, -0.15) is 5.10 Å². The molecule has 1 rings (SSSR count). The predicted octanol–water partition coefficient (Wildman–Crippen LogP) is 1.85. The zero-order chi connectivity index (χ0) is 12.3. The number of carbonyl (C=O) groups excluding carboxylic acids is 1. The molecule has 1 unspecified atom stereocenters. The molecule has 0 aliphatic rings. The highest BCUT2D eigenvalue weighted by molar-refractivity contribution is 5.94. The van der Waals surface area contributed by atoms with Crippen LogP contribution in [0.15, 0.2) is 12.3 Å². The monoisotopic (exact) mass is 223 g/mol. The number of hydrogen-bond donors (Lipinski definition) is 1. The fraction of sp³-hybridized carbons (Fsp3) is 0.667. The maximum Gasteiger partial charge on any atom is 0.182 e. The zero-order valence-electron chi connectivity index (χ0n) is 10.5. The lowest BCUT2D eigenvalue weighted by atomic mass is 9.84. The van der Waals surface area contributed by atoms with Crippen molar-refractivity contribution in [3.05, 3.63) is 18.0 Å². The van der Waals surface area contributed by atoms with E-state index in [4.69, 9.17) is 5.73 Å². The lowest BCUT2D eigenvalue weighted by Gasteiger charge is -2.26. The van der Waals surface area contributed by atoms with Gasteiger partial charge in [-0.25, -0.2) is 0 Å². The first-order chi connectivity index (χ1) is 7.36. The van der Waals surface area contributed by atoms with Crippen LogP contribution in [0.3, 0.4) is 0 Å². The van der Waals surface area contributed by atoms with Crippen LogP contribution < -0.4 is 5.73 Å². The first-order valence-corrected chi connectivity index (χ1v) is 5.67. The van der Waals surface area contributed by atoms with Crippen molar-refractivity contribution >= 4 is 5.78 Å². The molecule has 0 saturated heterocycles. The Labute approximate surface area is 96.8 Å². The summed E-state index contributed by atoms with van der Waals surface area (Å²) in [6.07, 6.45) is 2.02. The van der Waals surface area contributed by atoms with E-state index in [1.165, 1.54) is 0 Å². The normalized spacial score (nSPS) is 13.8. The molecule has 1 aromatic heterocycles. The Morgan fingerprint density at radius 2 is 2.19 bits per heavy atom. The van der Waals surface area contributed by atoms with E-state index < -0.39 is 0 Å². The molecule has 4 heteroatoms. The van der Waals surface area contributed by atoms with Crippen LogP contribution in [-0.4, -0.2) is 21.6 Å². The average molecular weight is 223 g/mol. The van der Waals surface area contributed by atoms with Crippen molar-refractivity contribution in [3.8, 4) is 0 Å². The van der Waals surface area contributed by atoms with E-state index in [0.717, 1.165) is 0 Å². The largest absolute Gasteiger partial charge is 0.327 e. The molecule has 90 valence electrons. The van der Waals surface area contributed by atoms with Gasteiger partial charge in [0.15, 0.2) is 5.78 Å². The van der Waals surface area contributed by atoms with E-state index in [0.29, 0.717) is 18.7 Å². The van der Waals surface area contributed by atoms with E-state index in [1.54, 1.807) is 16.9 Å². The molecule has 0 aliphatic heterocycles. The molecule has 4 nitrogen and oxygen atoms in total. The molecule has 0 radical (unpaired) electrons. The van der Waals surface area contributed by atoms with Gasteiger partial charge in [0.1, 0.15) is 5.69 Å². The molecule has 1 heterocycles. The van der Waals surface area contributed by atoms with Gasteiger partial charge in [-0.3, -0.25) is 9.48 Å². The van der Waals surface area contributed by atoms with Gasteiger partial charge in [-0.15, -0.1) is 0 Å². The first kappa shape index (κ1) is 12.9. The number of ketones is 1. The Kier molecular flexibility index (Phi) is 3.86. The molecule has 0 aliphatic carbocycles. The Hall–Kier alpha value is -1.16. The van der Waals surface area contributed by atoms with Gasteiger partial charge < -0.3 is 5.73 Å². The van der Waals surface area contributed by atoms with Crippen molar-refractivity contribution in [1.82, 2.24) is 9.78 Å². The van der Waals surface area contributed by atoms with Crippen LogP contribution in [0.1, 0.15) is 44.6 Å². The summed E-state index contributed by atoms with van der Waals surface area (Å²) in [5, 5.41) is 4.08. The third kappa shape index (κ3) is 2.92. The van der Waals surface area contributed by atoms with Crippen LogP contribution in [0, 0.1) is 5.41 Å². The molecule has 0 fully saturated rings. The fourth-order valence-corrected chi connectivity index (χ4v) is 1.43. The lowest BCUT2D eigenvalue weighted by Crippen LogP contribution is -2.37. The maximum atomic E-state index is 12.0. The molecular weight excluding hydrogens is 202 g/mol. The quantitative estimate of drug-likeness (QED) is 0.792. The number of nitrogens with zero attached hydrogens (tertiary/aromatic N) is 2. The Morgan fingerprint density at radius 3 is 2.69 bits per heavy atom. The highest BCUT2D eigenvalue weighted by atomic mass is 16.1. The van der Waals surface area contributed by atoms with Gasteiger partial charge in [0, 0.05) is 25.2 Å². The molecule has 2 N–H and O–H groups in total. The van der Waals surface area contributed by atoms with Crippen LogP contribution in [0.25, 0.3) is 0 Å². The molecule has 1 atom stereocenters. The number of Topliss-reactive ketones (excluding diaryl/α,β-unsaturated/α-hetero) is 1. The number of aromatic nitrogens is 2. The minimum atomic E-state index is -0.125. The van der Waals surface area contributed by atoms with Crippen molar-refractivity contribution in [3.63, 3.8) is 0 Å². The third-order valence-electron chi connectivity index (χ3n) is 2.82. The topological polar surface area (TPSA) is 60.9 Å². The van der Waals surface area contributed by atoms with Gasteiger partial charge in [0.05, 0.1) is 0 Å². The number of hydrogen-bond acceptors (Lipinski definition) is 3. The van der Waals surface area contributed by atoms with Crippen LogP contribution >= 0.6 is 0 Å². The summed E-state index contributed by atoms with van der Waals surface area (Å²) < 4.78 is 1.71. The smallest absolute Gasteiger partial charge is 0.182 e. The molecule has 0 bridgehead atoms. The Bertz CT molecular complexity index is 363. The number of carbonyl (C=O) groups is 1. The first-order valence-electron chi connectivity index (χ1n) is 5.67. The van der Waals surface area contributed by atoms with E-state index in [9.17, 15) is 4.79 Å².